The highest BCUT2D eigenvalue weighted by atomic mass is 16.5. The molecule has 0 fully saturated rings. The Morgan fingerprint density at radius 2 is 1.71 bits per heavy atom. The fourth-order valence-electron chi connectivity index (χ4n) is 2.25. The van der Waals surface area contributed by atoms with Crippen LogP contribution in [0.4, 0.5) is 0 Å². The van der Waals surface area contributed by atoms with Crippen molar-refractivity contribution in [2.45, 2.75) is 61.3 Å². The lowest BCUT2D eigenvalue weighted by molar-refractivity contribution is -0.159. The summed E-state index contributed by atoms with van der Waals surface area (Å²) in [6, 6.07) is 0. The van der Waals surface area contributed by atoms with E-state index in [1.165, 1.54) is 0 Å². The van der Waals surface area contributed by atoms with Crippen molar-refractivity contribution in [2.75, 3.05) is 13.2 Å². The van der Waals surface area contributed by atoms with E-state index in [2.05, 4.69) is 19.2 Å². The first-order valence-electron chi connectivity index (χ1n) is 8.10. The number of esters is 1. The van der Waals surface area contributed by atoms with Gasteiger partial charge in [0.2, 0.25) is 5.91 Å². The van der Waals surface area contributed by atoms with Gasteiger partial charge in [-0.05, 0) is 31.6 Å². The van der Waals surface area contributed by atoms with Crippen LogP contribution < -0.4 is 5.32 Å². The first kappa shape index (κ1) is 19.9. The van der Waals surface area contributed by atoms with Crippen molar-refractivity contribution in [1.29, 1.82) is 0 Å². The van der Waals surface area contributed by atoms with Crippen LogP contribution in [0.3, 0.4) is 0 Å². The molecule has 1 N–H and O–H groups in total. The van der Waals surface area contributed by atoms with Gasteiger partial charge in [-0.25, -0.2) is 0 Å². The Balaban J connectivity index is 4.31. The predicted octanol–water partition coefficient (Wildman–Crippen LogP) is 3.40. The largest absolute Gasteiger partial charge is 0.463 e. The van der Waals surface area contributed by atoms with Crippen LogP contribution in [-0.4, -0.2) is 25.0 Å². The number of rotatable bonds is 9. The fourth-order valence-corrected chi connectivity index (χ4v) is 2.25. The molecule has 0 spiro atoms. The monoisotopic (exact) mass is 299 g/mol. The average molecular weight is 299 g/mol. The van der Waals surface area contributed by atoms with Gasteiger partial charge in [0.15, 0.2) is 0 Å². The molecule has 21 heavy (non-hydrogen) atoms. The highest BCUT2D eigenvalue weighted by molar-refractivity contribution is 5.78. The lowest BCUT2D eigenvalue weighted by Gasteiger charge is -2.32. The van der Waals surface area contributed by atoms with E-state index in [-0.39, 0.29) is 30.3 Å². The molecule has 124 valence electrons. The molecule has 4 heteroatoms. The smallest absolute Gasteiger partial charge is 0.312 e. The van der Waals surface area contributed by atoms with Crippen LogP contribution in [0.1, 0.15) is 61.3 Å². The van der Waals surface area contributed by atoms with Crippen LogP contribution in [-0.2, 0) is 14.3 Å². The SMILES string of the molecule is CCC(C)C(=O)NCCOC(=O)C(C)(CC(C)C)C(C)C. The number of carbonyl (C=O) groups is 2. The van der Waals surface area contributed by atoms with Crippen LogP contribution in [0.2, 0.25) is 0 Å². The molecule has 0 bridgehead atoms. The third-order valence-corrected chi connectivity index (χ3v) is 4.27. The number of amides is 1. The molecule has 0 aromatic rings. The topological polar surface area (TPSA) is 55.4 Å². The van der Waals surface area contributed by atoms with E-state index in [1.54, 1.807) is 0 Å². The second-order valence-corrected chi connectivity index (χ2v) is 6.91. The molecule has 2 atom stereocenters. The Labute approximate surface area is 130 Å². The molecule has 0 rings (SSSR count). The lowest BCUT2D eigenvalue weighted by atomic mass is 9.73. The minimum Gasteiger partial charge on any atom is -0.463 e. The van der Waals surface area contributed by atoms with Gasteiger partial charge in [0.1, 0.15) is 6.61 Å². The van der Waals surface area contributed by atoms with Crippen molar-refractivity contribution < 1.29 is 14.3 Å². The first-order valence-corrected chi connectivity index (χ1v) is 8.10. The predicted molar refractivity (Wildman–Crippen MR) is 85.8 cm³/mol. The molecule has 0 aliphatic carbocycles. The molecule has 0 aromatic carbocycles. The van der Waals surface area contributed by atoms with Gasteiger partial charge in [0.25, 0.3) is 0 Å². The summed E-state index contributed by atoms with van der Waals surface area (Å²) in [5, 5.41) is 2.79. The minimum absolute atomic E-state index is 0.00238. The number of carbonyl (C=O) groups excluding carboxylic acids is 2. The minimum atomic E-state index is -0.463. The van der Waals surface area contributed by atoms with Gasteiger partial charge in [-0.15, -0.1) is 0 Å². The van der Waals surface area contributed by atoms with Gasteiger partial charge in [-0.2, -0.15) is 0 Å². The van der Waals surface area contributed by atoms with Gasteiger partial charge in [0.05, 0.1) is 12.0 Å². The maximum Gasteiger partial charge on any atom is 0.312 e. The molecular weight excluding hydrogens is 266 g/mol. The number of hydrogen-bond donors (Lipinski definition) is 1. The Morgan fingerprint density at radius 3 is 2.14 bits per heavy atom. The van der Waals surface area contributed by atoms with E-state index in [4.69, 9.17) is 4.74 Å². The Morgan fingerprint density at radius 1 is 1.14 bits per heavy atom. The number of nitrogens with one attached hydrogen (secondary N) is 1. The van der Waals surface area contributed by atoms with Gasteiger partial charge in [0, 0.05) is 5.92 Å². The summed E-state index contributed by atoms with van der Waals surface area (Å²) in [5.41, 5.74) is -0.463. The van der Waals surface area contributed by atoms with Crippen molar-refractivity contribution in [2.24, 2.45) is 23.2 Å². The third-order valence-electron chi connectivity index (χ3n) is 4.27. The molecule has 0 heterocycles. The zero-order valence-corrected chi connectivity index (χ0v) is 14.8. The van der Waals surface area contributed by atoms with Crippen molar-refractivity contribution in [3.05, 3.63) is 0 Å². The summed E-state index contributed by atoms with van der Waals surface area (Å²) < 4.78 is 5.38. The Kier molecular flexibility index (Phi) is 8.60. The molecule has 0 saturated heterocycles. The highest BCUT2D eigenvalue weighted by Gasteiger charge is 2.38. The maximum atomic E-state index is 12.3. The van der Waals surface area contributed by atoms with E-state index in [0.717, 1.165) is 12.8 Å². The summed E-state index contributed by atoms with van der Waals surface area (Å²) in [5.74, 6) is 0.520. The van der Waals surface area contributed by atoms with E-state index in [1.807, 2.05) is 34.6 Å². The average Bonchev–Trinajstić information content (AvgIpc) is 2.40. The molecule has 1 amide bonds. The lowest BCUT2D eigenvalue weighted by Crippen LogP contribution is -2.38. The van der Waals surface area contributed by atoms with E-state index in [0.29, 0.717) is 12.5 Å². The number of ether oxygens (including phenoxy) is 1. The molecule has 4 nitrogen and oxygen atoms in total. The molecule has 0 radical (unpaired) electrons. The Bertz CT molecular complexity index is 339. The second kappa shape index (κ2) is 9.06. The van der Waals surface area contributed by atoms with Crippen molar-refractivity contribution in [3.8, 4) is 0 Å². The molecule has 0 aliphatic heterocycles. The molecule has 2 unspecified atom stereocenters. The molecular formula is C17H33NO3. The fraction of sp³-hybridized carbons (Fsp3) is 0.882. The summed E-state index contributed by atoms with van der Waals surface area (Å²) in [6.45, 7) is 14.8. The van der Waals surface area contributed by atoms with Gasteiger partial charge >= 0.3 is 5.97 Å². The van der Waals surface area contributed by atoms with Crippen LogP contribution in [0, 0.1) is 23.2 Å². The van der Waals surface area contributed by atoms with Crippen LogP contribution >= 0.6 is 0 Å². The van der Waals surface area contributed by atoms with Gasteiger partial charge < -0.3 is 10.1 Å². The highest BCUT2D eigenvalue weighted by Crippen LogP contribution is 2.35. The third kappa shape index (κ3) is 6.49. The maximum absolute atomic E-state index is 12.3. The van der Waals surface area contributed by atoms with E-state index < -0.39 is 5.41 Å². The normalized spacial score (nSPS) is 15.7. The summed E-state index contributed by atoms with van der Waals surface area (Å²) in [7, 11) is 0. The number of hydrogen-bond acceptors (Lipinski definition) is 3. The summed E-state index contributed by atoms with van der Waals surface area (Å²) >= 11 is 0. The van der Waals surface area contributed by atoms with E-state index in [9.17, 15) is 9.59 Å². The van der Waals surface area contributed by atoms with Crippen molar-refractivity contribution in [3.63, 3.8) is 0 Å². The molecule has 0 aliphatic rings. The zero-order chi connectivity index (χ0) is 16.6. The zero-order valence-electron chi connectivity index (χ0n) is 14.8. The molecule has 0 aromatic heterocycles. The summed E-state index contributed by atoms with van der Waals surface area (Å²) in [4.78, 5) is 24.0. The van der Waals surface area contributed by atoms with Crippen LogP contribution in [0.25, 0.3) is 0 Å². The van der Waals surface area contributed by atoms with Crippen LogP contribution in [0.15, 0.2) is 0 Å². The summed E-state index contributed by atoms with van der Waals surface area (Å²) in [6.07, 6.45) is 1.62. The first-order chi connectivity index (χ1) is 9.65. The van der Waals surface area contributed by atoms with Crippen molar-refractivity contribution in [1.82, 2.24) is 5.32 Å². The molecule has 0 saturated carbocycles. The quantitative estimate of drug-likeness (QED) is 0.524. The second-order valence-electron chi connectivity index (χ2n) is 6.91. The Hall–Kier alpha value is -1.06. The van der Waals surface area contributed by atoms with Gasteiger partial charge in [-0.1, -0.05) is 41.5 Å². The van der Waals surface area contributed by atoms with E-state index >= 15 is 0 Å². The standard InChI is InChI=1S/C17H33NO3/c1-8-14(6)15(19)18-9-10-21-16(20)17(7,13(4)5)11-12(2)3/h12-14H,8-11H2,1-7H3,(H,18,19). The van der Waals surface area contributed by atoms with Gasteiger partial charge in [-0.3, -0.25) is 9.59 Å². The van der Waals surface area contributed by atoms with Crippen molar-refractivity contribution >= 4 is 11.9 Å². The van der Waals surface area contributed by atoms with Crippen LogP contribution in [0.5, 0.6) is 0 Å².